The van der Waals surface area contributed by atoms with Crippen molar-refractivity contribution in [3.05, 3.63) is 69.1 Å². The number of aliphatic hydroxyl groups is 5. The van der Waals surface area contributed by atoms with Gasteiger partial charge in [-0.05, 0) is 42.3 Å². The summed E-state index contributed by atoms with van der Waals surface area (Å²) < 4.78 is 70.2. The number of ketones is 3. The average Bonchev–Trinajstić information content (AvgIpc) is 3.65. The van der Waals surface area contributed by atoms with Crippen LogP contribution >= 0.6 is 22.9 Å². The minimum Gasteiger partial charge on any atom is -0.506 e. The van der Waals surface area contributed by atoms with Crippen LogP contribution in [0.5, 0.6) is 5.75 Å². The van der Waals surface area contributed by atoms with E-state index in [9.17, 15) is 70.9 Å². The van der Waals surface area contributed by atoms with Crippen LogP contribution < -0.4 is 35.3 Å². The van der Waals surface area contributed by atoms with Crippen LogP contribution in [0.2, 0.25) is 5.28 Å². The Morgan fingerprint density at radius 1 is 0.958 bits per heavy atom. The number of unbranched alkanes of at least 4 members (excludes halogenated alkanes) is 1. The number of hydrogen-bond donors (Lipinski definition) is 10. The molecule has 0 bridgehead atoms. The van der Waals surface area contributed by atoms with Crippen molar-refractivity contribution >= 4 is 112 Å². The molecule has 2 aromatic carbocycles. The molecule has 2 heterocycles. The molecule has 30 heteroatoms. The van der Waals surface area contributed by atoms with Crippen molar-refractivity contribution < 1.29 is 84.9 Å². The number of aromatic nitrogens is 4. The highest BCUT2D eigenvalue weighted by Gasteiger charge is 2.38. The summed E-state index contributed by atoms with van der Waals surface area (Å²) in [6, 6.07) is 8.67. The second-order valence-electron chi connectivity index (χ2n) is 15.4. The van der Waals surface area contributed by atoms with Gasteiger partial charge in [-0.25, -0.2) is 8.42 Å². The van der Waals surface area contributed by atoms with Gasteiger partial charge in [0.15, 0.2) is 18.1 Å². The number of benzene rings is 2. The minimum absolute atomic E-state index is 0.0203. The van der Waals surface area contributed by atoms with Gasteiger partial charge >= 0.3 is 0 Å². The number of aliphatic hydroxyl groups excluding tert-OH is 5. The van der Waals surface area contributed by atoms with Crippen molar-refractivity contribution in [3.8, 4) is 5.75 Å². The number of sulfonamides is 1. The lowest BCUT2D eigenvalue weighted by Crippen LogP contribution is -2.42. The van der Waals surface area contributed by atoms with E-state index in [1.54, 1.807) is 27.5 Å². The molecule has 1 aliphatic carbocycles. The number of halogens is 1. The Bertz CT molecular complexity index is 2930. The number of nitrogen functional groups attached to an aromatic ring is 1. The second kappa shape index (κ2) is 24.7. The number of nitrogens with zero attached hydrogens (tertiary/aromatic N) is 5. The van der Waals surface area contributed by atoms with Crippen molar-refractivity contribution in [1.29, 1.82) is 0 Å². The van der Waals surface area contributed by atoms with Gasteiger partial charge in [0.1, 0.15) is 41.6 Å². The number of rotatable bonds is 28. The van der Waals surface area contributed by atoms with E-state index in [1.807, 2.05) is 0 Å². The Hall–Kier alpha value is -6.28. The van der Waals surface area contributed by atoms with Crippen molar-refractivity contribution in [2.75, 3.05) is 87.2 Å². The first-order chi connectivity index (χ1) is 33.5. The molecule has 11 N–H and O–H groups in total. The molecule has 5 rings (SSSR count). The average molecular weight is 1070 g/mol. The molecule has 0 spiro atoms. The van der Waals surface area contributed by atoms with Gasteiger partial charge < -0.3 is 56.3 Å². The zero-order chi connectivity index (χ0) is 52.2. The molecule has 1 aliphatic rings. The fourth-order valence-electron chi connectivity index (χ4n) is 6.64. The summed E-state index contributed by atoms with van der Waals surface area (Å²) in [5.41, 5.74) is 6.00. The highest BCUT2D eigenvalue weighted by Crippen LogP contribution is 2.42. The molecule has 2 amide bonds. The van der Waals surface area contributed by atoms with Crippen molar-refractivity contribution in [3.63, 3.8) is 0 Å². The highest BCUT2D eigenvalue weighted by molar-refractivity contribution is 7.89. The van der Waals surface area contributed by atoms with E-state index in [2.05, 4.69) is 25.6 Å². The van der Waals surface area contributed by atoms with Gasteiger partial charge in [-0.1, -0.05) is 11.3 Å². The number of carbonyl (C=O) groups excluding carboxylic acids is 5. The number of anilines is 3. The summed E-state index contributed by atoms with van der Waals surface area (Å²) in [4.78, 5) is 77.3. The highest BCUT2D eigenvalue weighted by atomic mass is 35.5. The number of thiazole rings is 1. The molecular weight excluding hydrogens is 1020 g/mol. The summed E-state index contributed by atoms with van der Waals surface area (Å²) in [7, 11) is -8.15. The Morgan fingerprint density at radius 3 is 2.27 bits per heavy atom. The summed E-state index contributed by atoms with van der Waals surface area (Å²) in [5, 5.41) is 56.2. The fourth-order valence-corrected chi connectivity index (χ4v) is 9.02. The third kappa shape index (κ3) is 15.9. The fraction of sp³-hybridized carbons (Fsp3) is 0.390. The first-order valence-corrected chi connectivity index (χ1v) is 25.7. The predicted octanol–water partition coefficient (Wildman–Crippen LogP) is -1.82. The monoisotopic (exact) mass is 1070 g/mol. The van der Waals surface area contributed by atoms with E-state index in [-0.39, 0.29) is 96.6 Å². The van der Waals surface area contributed by atoms with Crippen molar-refractivity contribution in [2.45, 2.75) is 31.6 Å². The number of carbonyl (C=O) groups is 5. The first kappa shape index (κ1) is 55.6. The van der Waals surface area contributed by atoms with Crippen LogP contribution in [0.3, 0.4) is 0 Å². The minimum atomic E-state index is -4.27. The molecule has 26 nitrogen and oxygen atoms in total. The number of Topliss-reactive ketones (excluding diaryl/α,β-unsaturated/α-hetero) is 3. The zero-order valence-electron chi connectivity index (χ0n) is 37.5. The molecule has 2 unspecified atom stereocenters. The van der Waals surface area contributed by atoms with Crippen molar-refractivity contribution in [2.24, 2.45) is 0 Å². The Balaban J connectivity index is 1.47. The van der Waals surface area contributed by atoms with Crippen LogP contribution in [-0.4, -0.2) is 174 Å². The number of nitrogens with one attached hydrogen (secondary N) is 3. The van der Waals surface area contributed by atoms with Crippen LogP contribution in [0.4, 0.5) is 17.6 Å². The lowest BCUT2D eigenvalue weighted by molar-refractivity contribution is -0.669. The van der Waals surface area contributed by atoms with Gasteiger partial charge in [0.05, 0.1) is 56.1 Å². The number of allylic oxidation sites excluding steroid dienone is 2. The number of ether oxygens (including phenoxy) is 2. The van der Waals surface area contributed by atoms with E-state index >= 15 is 0 Å². The SMILES string of the molecule is CS(=O)(=O)NC(=O)COCCOc1cc(N(CC(=O)C(O)CO)CC(=O)C(O)CO)ccc1C1=C(O)C(=Cc2sc3cc(C(=O)NCCNc4nc(N)nc(Cl)n4)ccc3[n+]2CCCCS(=O)(=O)O)C1=O. The lowest BCUT2D eigenvalue weighted by atomic mass is 9.83. The zero-order valence-corrected chi connectivity index (χ0v) is 40.7. The molecule has 0 saturated carbocycles. The molecule has 0 radical (unpaired) electrons. The third-order valence-electron chi connectivity index (χ3n) is 9.98. The summed E-state index contributed by atoms with van der Waals surface area (Å²) in [5.74, 6) is -5.18. The first-order valence-electron chi connectivity index (χ1n) is 21.0. The van der Waals surface area contributed by atoms with Gasteiger partial charge in [-0.3, -0.25) is 33.2 Å². The van der Waals surface area contributed by atoms with E-state index in [4.69, 9.17) is 26.8 Å². The standard InChI is InChI=1S/C41H48ClN9O17S3/c1-70(62,63)49-33(58)21-67-11-12-68-31-15-23(50(17-27(54)29(56)19-52)18-28(55)30(57)20-53)5-6-24(31)35-36(59)25(37(35)60)16-34-51(10-2-3-13-71(64,65)66)26-7-4-22(14-32(26)69-34)38(61)44-8-9-45-41-47-39(42)46-40(43)48-41/h4-7,14-16,29-30,52-53,56-57H,2-3,8-13,17-21H2,1H3,(H6-,43,44,45,46,47,48,49,58,59,60,61,64,65,66)/p+1. The topological polar surface area (TPSA) is 401 Å². The molecule has 0 saturated heterocycles. The Labute approximate surface area is 413 Å². The van der Waals surface area contributed by atoms with E-state index in [1.165, 1.54) is 24.3 Å². The molecular formula is C41H49ClN9O17S3+. The summed E-state index contributed by atoms with van der Waals surface area (Å²) in [6.07, 6.45) is -1.24. The molecule has 0 fully saturated rings. The maximum Gasteiger partial charge on any atom is 0.264 e. The van der Waals surface area contributed by atoms with Crippen molar-refractivity contribution in [1.82, 2.24) is 25.0 Å². The lowest BCUT2D eigenvalue weighted by Gasteiger charge is -2.27. The van der Waals surface area contributed by atoms with E-state index < -0.39 is 106 Å². The van der Waals surface area contributed by atoms with Gasteiger partial charge in [0.2, 0.25) is 38.5 Å². The number of aryl methyl sites for hydroxylation is 1. The number of hydrogen-bond acceptors (Lipinski definition) is 23. The Morgan fingerprint density at radius 2 is 1.65 bits per heavy atom. The predicted molar refractivity (Wildman–Crippen MR) is 254 cm³/mol. The van der Waals surface area contributed by atoms with Gasteiger partial charge in [0.25, 0.3) is 26.9 Å². The van der Waals surface area contributed by atoms with Crippen LogP contribution in [0.25, 0.3) is 21.9 Å². The Kier molecular flexibility index (Phi) is 19.4. The van der Waals surface area contributed by atoms with Crippen LogP contribution in [0.1, 0.15) is 33.8 Å². The third-order valence-corrected chi connectivity index (χ3v) is 12.6. The van der Waals surface area contributed by atoms with Crippen LogP contribution in [-0.2, 0) is 50.6 Å². The molecule has 71 heavy (non-hydrogen) atoms. The smallest absolute Gasteiger partial charge is 0.264 e. The quantitative estimate of drug-likeness (QED) is 0.0129. The molecule has 4 aromatic rings. The molecule has 384 valence electrons. The van der Waals surface area contributed by atoms with Crippen LogP contribution in [0.15, 0.2) is 47.7 Å². The largest absolute Gasteiger partial charge is 0.506 e. The van der Waals surface area contributed by atoms with Gasteiger partial charge in [-0.2, -0.15) is 27.9 Å². The summed E-state index contributed by atoms with van der Waals surface area (Å²) >= 11 is 6.95. The number of nitrogens with two attached hydrogens (primary N) is 1. The normalized spacial score (nSPS) is 14.2. The second-order valence-corrected chi connectivity index (χ2v) is 20.1. The maximum absolute atomic E-state index is 14.1. The molecule has 0 aliphatic heterocycles. The number of amides is 2. The molecule has 2 aromatic heterocycles. The maximum atomic E-state index is 14.1. The van der Waals surface area contributed by atoms with Gasteiger partial charge in [-0.15, -0.1) is 0 Å². The van der Waals surface area contributed by atoms with Crippen LogP contribution in [0, 0.1) is 0 Å². The number of fused-ring (bicyclic) bond motifs is 1. The van der Waals surface area contributed by atoms with E-state index in [0.717, 1.165) is 22.5 Å². The van der Waals surface area contributed by atoms with Gasteiger partial charge in [0, 0.05) is 54.5 Å². The summed E-state index contributed by atoms with van der Waals surface area (Å²) in [6.45, 7) is -4.21. The van der Waals surface area contributed by atoms with E-state index in [0.29, 0.717) is 15.2 Å². The molecule has 2 atom stereocenters.